The topological polar surface area (TPSA) is 63.9 Å². The van der Waals surface area contributed by atoms with Crippen LogP contribution in [0.5, 0.6) is 0 Å². The number of likely N-dealkylation sites (tertiary alicyclic amines) is 1. The van der Waals surface area contributed by atoms with E-state index in [0.29, 0.717) is 5.92 Å². The molecule has 1 aliphatic rings. The van der Waals surface area contributed by atoms with Crippen LogP contribution < -0.4 is 0 Å². The molecule has 2 aromatic heterocycles. The molecule has 0 saturated carbocycles. The maximum absolute atomic E-state index is 12.6. The molecule has 0 N–H and O–H groups in total. The Morgan fingerprint density at radius 2 is 1.89 bits per heavy atom. The molecule has 1 saturated heterocycles. The number of piperidine rings is 1. The number of hydrogen-bond acceptors (Lipinski definition) is 4. The summed E-state index contributed by atoms with van der Waals surface area (Å²) in [6.07, 6.45) is 8.69. The number of nitrogens with zero attached hydrogens (tertiary/aromatic N) is 5. The summed E-state index contributed by atoms with van der Waals surface area (Å²) in [7, 11) is 0. The van der Waals surface area contributed by atoms with Crippen LogP contribution in [-0.2, 0) is 17.8 Å². The van der Waals surface area contributed by atoms with Crippen LogP contribution in [0.2, 0.25) is 0 Å². The lowest BCUT2D eigenvalue weighted by Crippen LogP contribution is -2.40. The van der Waals surface area contributed by atoms with Crippen LogP contribution in [0, 0.1) is 5.92 Å². The van der Waals surface area contributed by atoms with Gasteiger partial charge < -0.3 is 4.90 Å². The van der Waals surface area contributed by atoms with Crippen LogP contribution in [0.15, 0.2) is 61.1 Å². The molecule has 1 aliphatic heterocycles. The van der Waals surface area contributed by atoms with Gasteiger partial charge in [0, 0.05) is 31.0 Å². The van der Waals surface area contributed by atoms with Crippen LogP contribution in [0.1, 0.15) is 18.4 Å². The minimum Gasteiger partial charge on any atom is -0.341 e. The third kappa shape index (κ3) is 4.39. The largest absolute Gasteiger partial charge is 0.341 e. The second kappa shape index (κ2) is 8.12. The van der Waals surface area contributed by atoms with Gasteiger partial charge in [-0.1, -0.05) is 41.6 Å². The first-order valence-corrected chi connectivity index (χ1v) is 9.40. The Hall–Kier alpha value is -3.02. The normalized spacial score (nSPS) is 15.0. The zero-order chi connectivity index (χ0) is 18.5. The Bertz CT molecular complexity index is 870. The molecule has 1 aromatic carbocycles. The van der Waals surface area contributed by atoms with E-state index in [0.717, 1.165) is 43.6 Å². The van der Waals surface area contributed by atoms with E-state index in [2.05, 4.69) is 21.4 Å². The molecule has 1 fully saturated rings. The Morgan fingerprint density at radius 1 is 1.07 bits per heavy atom. The minimum absolute atomic E-state index is 0.110. The number of rotatable bonds is 5. The average molecular weight is 361 g/mol. The first-order valence-electron chi connectivity index (χ1n) is 9.40. The van der Waals surface area contributed by atoms with E-state index in [1.54, 1.807) is 10.9 Å². The first-order chi connectivity index (χ1) is 13.3. The van der Waals surface area contributed by atoms with Gasteiger partial charge in [-0.3, -0.25) is 9.78 Å². The Morgan fingerprint density at radius 3 is 2.63 bits per heavy atom. The van der Waals surface area contributed by atoms with Gasteiger partial charge in [-0.15, -0.1) is 5.10 Å². The Balaban J connectivity index is 1.29. The van der Waals surface area contributed by atoms with E-state index < -0.39 is 0 Å². The van der Waals surface area contributed by atoms with Gasteiger partial charge in [0.15, 0.2) is 0 Å². The molecule has 4 rings (SSSR count). The monoisotopic (exact) mass is 361 g/mol. The molecule has 3 aromatic rings. The van der Waals surface area contributed by atoms with E-state index in [9.17, 15) is 4.79 Å². The highest BCUT2D eigenvalue weighted by Gasteiger charge is 2.23. The predicted octanol–water partition coefficient (Wildman–Crippen LogP) is 2.82. The van der Waals surface area contributed by atoms with Crippen LogP contribution in [0.3, 0.4) is 0 Å². The average Bonchev–Trinajstić information content (AvgIpc) is 3.18. The molecule has 0 bridgehead atoms. The van der Waals surface area contributed by atoms with Crippen molar-refractivity contribution in [2.75, 3.05) is 13.1 Å². The highest BCUT2D eigenvalue weighted by Crippen LogP contribution is 2.22. The first kappa shape index (κ1) is 17.4. The van der Waals surface area contributed by atoms with Gasteiger partial charge >= 0.3 is 0 Å². The van der Waals surface area contributed by atoms with Crippen molar-refractivity contribution in [3.63, 3.8) is 0 Å². The fourth-order valence-electron chi connectivity index (χ4n) is 3.59. The van der Waals surface area contributed by atoms with Crippen molar-refractivity contribution >= 4 is 5.91 Å². The van der Waals surface area contributed by atoms with Gasteiger partial charge in [-0.05, 0) is 36.8 Å². The molecule has 0 radical (unpaired) electrons. The molecule has 27 heavy (non-hydrogen) atoms. The maximum atomic E-state index is 12.6. The number of hydrogen-bond donors (Lipinski definition) is 0. The summed E-state index contributed by atoms with van der Waals surface area (Å²) < 4.78 is 1.63. The van der Waals surface area contributed by atoms with Gasteiger partial charge in [0.1, 0.15) is 12.2 Å². The maximum Gasteiger partial charge on any atom is 0.244 e. The Labute approximate surface area is 158 Å². The molecule has 6 heteroatoms. The molecule has 138 valence electrons. The van der Waals surface area contributed by atoms with Crippen molar-refractivity contribution in [3.8, 4) is 11.3 Å². The second-order valence-corrected chi connectivity index (χ2v) is 7.06. The number of aromatic nitrogens is 4. The highest BCUT2D eigenvalue weighted by atomic mass is 16.2. The molecule has 0 aliphatic carbocycles. The molecule has 0 atom stereocenters. The number of benzene rings is 1. The lowest BCUT2D eigenvalue weighted by molar-refractivity contribution is -0.133. The van der Waals surface area contributed by atoms with Gasteiger partial charge in [-0.2, -0.15) is 0 Å². The number of amides is 1. The second-order valence-electron chi connectivity index (χ2n) is 7.06. The van der Waals surface area contributed by atoms with Crippen molar-refractivity contribution in [2.24, 2.45) is 5.92 Å². The smallest absolute Gasteiger partial charge is 0.244 e. The number of carbonyl (C=O) groups excluding carboxylic acids is 1. The molecule has 0 unspecified atom stereocenters. The molecule has 1 amide bonds. The predicted molar refractivity (Wildman–Crippen MR) is 103 cm³/mol. The summed E-state index contributed by atoms with van der Waals surface area (Å²) in [5.41, 5.74) is 3.07. The van der Waals surface area contributed by atoms with Crippen molar-refractivity contribution in [3.05, 3.63) is 66.6 Å². The van der Waals surface area contributed by atoms with E-state index in [4.69, 9.17) is 0 Å². The number of carbonyl (C=O) groups is 1. The van der Waals surface area contributed by atoms with Crippen molar-refractivity contribution < 1.29 is 4.79 Å². The summed E-state index contributed by atoms with van der Waals surface area (Å²) in [6.45, 7) is 1.86. The van der Waals surface area contributed by atoms with Crippen LogP contribution in [-0.4, -0.2) is 43.9 Å². The fraction of sp³-hybridized carbons (Fsp3) is 0.333. The summed E-state index contributed by atoms with van der Waals surface area (Å²) in [6, 6.07) is 14.0. The van der Waals surface area contributed by atoms with E-state index in [1.807, 2.05) is 53.7 Å². The lowest BCUT2D eigenvalue weighted by Gasteiger charge is -2.32. The van der Waals surface area contributed by atoms with Crippen LogP contribution in [0.4, 0.5) is 0 Å². The molecule has 0 spiro atoms. The van der Waals surface area contributed by atoms with E-state index in [1.165, 1.54) is 5.56 Å². The minimum atomic E-state index is 0.110. The summed E-state index contributed by atoms with van der Waals surface area (Å²) in [5, 5.41) is 8.29. The van der Waals surface area contributed by atoms with Crippen molar-refractivity contribution in [1.82, 2.24) is 24.9 Å². The standard InChI is InChI=1S/C21H23N5O/c27-21(16-26-15-20(23-24-26)19-6-2-1-3-7-19)25-11-8-17(9-12-25)13-18-5-4-10-22-14-18/h1-7,10,14-15,17H,8-9,11-13,16H2. The fourth-order valence-corrected chi connectivity index (χ4v) is 3.59. The van der Waals surface area contributed by atoms with Crippen LogP contribution in [0.25, 0.3) is 11.3 Å². The van der Waals surface area contributed by atoms with Crippen molar-refractivity contribution in [1.29, 1.82) is 0 Å². The Kier molecular flexibility index (Phi) is 5.23. The van der Waals surface area contributed by atoms with E-state index in [-0.39, 0.29) is 12.5 Å². The van der Waals surface area contributed by atoms with E-state index >= 15 is 0 Å². The van der Waals surface area contributed by atoms with Gasteiger partial charge in [0.25, 0.3) is 0 Å². The summed E-state index contributed by atoms with van der Waals surface area (Å²) >= 11 is 0. The molecular weight excluding hydrogens is 338 g/mol. The molecule has 6 nitrogen and oxygen atoms in total. The summed E-state index contributed by atoms with van der Waals surface area (Å²) in [5.74, 6) is 0.730. The van der Waals surface area contributed by atoms with Crippen molar-refractivity contribution in [2.45, 2.75) is 25.8 Å². The quantitative estimate of drug-likeness (QED) is 0.701. The van der Waals surface area contributed by atoms with Crippen LogP contribution >= 0.6 is 0 Å². The summed E-state index contributed by atoms with van der Waals surface area (Å²) in [4.78, 5) is 18.7. The molecular formula is C21H23N5O. The lowest BCUT2D eigenvalue weighted by atomic mass is 9.91. The van der Waals surface area contributed by atoms with Gasteiger partial charge in [0.2, 0.25) is 5.91 Å². The third-order valence-electron chi connectivity index (χ3n) is 5.12. The van der Waals surface area contributed by atoms with Gasteiger partial charge in [-0.25, -0.2) is 4.68 Å². The molecule has 3 heterocycles. The highest BCUT2D eigenvalue weighted by molar-refractivity contribution is 5.76. The number of pyridine rings is 1. The van der Waals surface area contributed by atoms with Gasteiger partial charge in [0.05, 0.1) is 6.20 Å². The third-order valence-corrected chi connectivity index (χ3v) is 5.12. The SMILES string of the molecule is O=C(Cn1cc(-c2ccccc2)nn1)N1CCC(Cc2cccnc2)CC1. The zero-order valence-corrected chi connectivity index (χ0v) is 15.2. The zero-order valence-electron chi connectivity index (χ0n) is 15.2.